The Kier molecular flexibility index (Phi) is 3.86. The molecule has 0 N–H and O–H groups in total. The van der Waals surface area contributed by atoms with E-state index in [1.807, 2.05) is 0 Å². The van der Waals surface area contributed by atoms with Gasteiger partial charge in [-0.05, 0) is 4.19 Å². The highest BCUT2D eigenvalue weighted by molar-refractivity contribution is 9.09. The van der Waals surface area contributed by atoms with Gasteiger partial charge in [0.25, 0.3) is 14.1 Å². The molecule has 0 aromatic heterocycles. The SMILES string of the molecule is [CH3][Al]([CH3])[CH2]Br. The van der Waals surface area contributed by atoms with Crippen molar-refractivity contribution in [3.05, 3.63) is 0 Å². The van der Waals surface area contributed by atoms with Gasteiger partial charge in [-0.25, -0.2) is 0 Å². The van der Waals surface area contributed by atoms with E-state index in [4.69, 9.17) is 0 Å². The lowest BCUT2D eigenvalue weighted by molar-refractivity contribution is 1.89. The van der Waals surface area contributed by atoms with Crippen LogP contribution < -0.4 is 0 Å². The van der Waals surface area contributed by atoms with E-state index in [9.17, 15) is 0 Å². The Bertz CT molecular complexity index is 20.9. The van der Waals surface area contributed by atoms with E-state index >= 15 is 0 Å². The van der Waals surface area contributed by atoms with Crippen LogP contribution in [-0.4, -0.2) is 18.3 Å². The Morgan fingerprint density at radius 1 is 1.60 bits per heavy atom. The number of halogens is 1. The molecule has 0 aromatic rings. The second kappa shape index (κ2) is 3.21. The molecular formula is C3H8AlBr. The minimum absolute atomic E-state index is 0.233. The third kappa shape index (κ3) is 5.01. The summed E-state index contributed by atoms with van der Waals surface area (Å²) in [6.07, 6.45) is 0. The van der Waals surface area contributed by atoms with E-state index < -0.39 is 0 Å². The van der Waals surface area contributed by atoms with Crippen molar-refractivity contribution in [2.45, 2.75) is 11.6 Å². The summed E-state index contributed by atoms with van der Waals surface area (Å²) in [5.41, 5.74) is 0. The Morgan fingerprint density at radius 3 is 1.80 bits per heavy atom. The van der Waals surface area contributed by atoms with Crippen LogP contribution in [0, 0.1) is 0 Å². The van der Waals surface area contributed by atoms with E-state index in [1.54, 1.807) is 0 Å². The molecule has 0 aliphatic rings. The van der Waals surface area contributed by atoms with Crippen molar-refractivity contribution in [1.82, 2.24) is 0 Å². The summed E-state index contributed by atoms with van der Waals surface area (Å²) in [5.74, 6) is 4.63. The molecule has 0 unspecified atom stereocenters. The Labute approximate surface area is 46.1 Å². The second-order valence-corrected chi connectivity index (χ2v) is 6.59. The number of alkyl halides is 1. The minimum Gasteiger partial charge on any atom is -0.109 e. The summed E-state index contributed by atoms with van der Waals surface area (Å²) in [4.78, 5) is 0. The molecule has 0 radical (unpaired) electrons. The zero-order valence-electron chi connectivity index (χ0n) is 3.66. The van der Waals surface area contributed by atoms with Gasteiger partial charge in [0, 0.05) is 0 Å². The normalized spacial score (nSPS) is 7.80. The lowest BCUT2D eigenvalue weighted by Crippen LogP contribution is -1.99. The molecule has 30 valence electrons. The highest BCUT2D eigenvalue weighted by Crippen LogP contribution is 1.83. The third-order valence-electron chi connectivity index (χ3n) is 0.309. The molecule has 0 aliphatic heterocycles. The van der Waals surface area contributed by atoms with Crippen LogP contribution in [0.5, 0.6) is 0 Å². The van der Waals surface area contributed by atoms with Gasteiger partial charge in [-0.2, -0.15) is 0 Å². The van der Waals surface area contributed by atoms with Gasteiger partial charge in [-0.15, -0.1) is 27.5 Å². The molecular weight excluding hydrogens is 143 g/mol. The maximum Gasteiger partial charge on any atom is 0.269 e. The fraction of sp³-hybridized carbons (Fsp3) is 1.00. The van der Waals surface area contributed by atoms with Crippen LogP contribution in [0.3, 0.4) is 0 Å². The van der Waals surface area contributed by atoms with Gasteiger partial charge >= 0.3 is 0 Å². The van der Waals surface area contributed by atoms with E-state index in [0.29, 0.717) is 0 Å². The van der Waals surface area contributed by atoms with Crippen LogP contribution in [0.1, 0.15) is 0 Å². The number of hydrogen-bond donors (Lipinski definition) is 0. The van der Waals surface area contributed by atoms with Gasteiger partial charge < -0.3 is 0 Å². The lowest BCUT2D eigenvalue weighted by Gasteiger charge is -1.79. The molecule has 0 amide bonds. The molecule has 0 spiro atoms. The lowest BCUT2D eigenvalue weighted by atomic mass is 11.8. The molecule has 5 heavy (non-hydrogen) atoms. The maximum atomic E-state index is 3.38. The average Bonchev–Trinajstić information content (AvgIpc) is 1.38. The van der Waals surface area contributed by atoms with Gasteiger partial charge in [-0.1, -0.05) is 0 Å². The molecule has 2 heteroatoms. The first-order valence-corrected chi connectivity index (χ1v) is 6.08. The summed E-state index contributed by atoms with van der Waals surface area (Å²) >= 11 is 3.14. The van der Waals surface area contributed by atoms with Crippen LogP contribution in [-0.2, 0) is 0 Å². The van der Waals surface area contributed by atoms with Crippen molar-refractivity contribution in [2.24, 2.45) is 0 Å². The van der Waals surface area contributed by atoms with Crippen molar-refractivity contribution in [1.29, 1.82) is 0 Å². The number of hydrogen-bond acceptors (Lipinski definition) is 0. The van der Waals surface area contributed by atoms with Crippen molar-refractivity contribution < 1.29 is 0 Å². The van der Waals surface area contributed by atoms with Crippen molar-refractivity contribution in [2.75, 3.05) is 4.19 Å². The summed E-state index contributed by atoms with van der Waals surface area (Å²) in [6.45, 7) is 0. The van der Waals surface area contributed by atoms with E-state index in [2.05, 4.69) is 27.5 Å². The highest BCUT2D eigenvalue weighted by Gasteiger charge is 1.93. The molecule has 0 aromatic carbocycles. The van der Waals surface area contributed by atoms with Crippen molar-refractivity contribution in [3.63, 3.8) is 0 Å². The Hall–Kier alpha value is 1.01. The standard InChI is InChI=1S/CH2Br.2CH3.Al/c1-2;;;/h1H2;2*1H3;. The van der Waals surface area contributed by atoms with Gasteiger partial charge in [0.05, 0.1) is 0 Å². The first-order valence-electron chi connectivity index (χ1n) is 1.83. The quantitative estimate of drug-likeness (QED) is 0.395. The minimum atomic E-state index is -0.233. The maximum absolute atomic E-state index is 3.38. The second-order valence-electron chi connectivity index (χ2n) is 1.55. The first-order chi connectivity index (χ1) is 2.27. The van der Waals surface area contributed by atoms with Crippen molar-refractivity contribution in [3.8, 4) is 0 Å². The van der Waals surface area contributed by atoms with Crippen molar-refractivity contribution >= 4 is 30.1 Å². The fourth-order valence-electron chi connectivity index (χ4n) is 0. The van der Waals surface area contributed by atoms with E-state index in [0.717, 1.165) is 0 Å². The van der Waals surface area contributed by atoms with Crippen LogP contribution in [0.4, 0.5) is 0 Å². The largest absolute Gasteiger partial charge is 0.269 e. The van der Waals surface area contributed by atoms with Gasteiger partial charge in [0.1, 0.15) is 0 Å². The molecule has 0 saturated heterocycles. The fourth-order valence-corrected chi connectivity index (χ4v) is 0. The predicted molar refractivity (Wildman–Crippen MR) is 31.3 cm³/mol. The van der Waals surface area contributed by atoms with Crippen LogP contribution in [0.15, 0.2) is 0 Å². The summed E-state index contributed by atoms with van der Waals surface area (Å²) in [7, 11) is 0. The molecule has 0 saturated carbocycles. The van der Waals surface area contributed by atoms with Crippen LogP contribution >= 0.6 is 15.9 Å². The smallest absolute Gasteiger partial charge is 0.109 e. The topological polar surface area (TPSA) is 0 Å². The molecule has 0 aliphatic carbocycles. The Morgan fingerprint density at radius 2 is 1.80 bits per heavy atom. The van der Waals surface area contributed by atoms with Crippen LogP contribution in [0.2, 0.25) is 11.6 Å². The predicted octanol–water partition coefficient (Wildman–Crippen LogP) is 1.67. The molecule has 0 bridgehead atoms. The Balaban J connectivity index is 2.54. The van der Waals surface area contributed by atoms with E-state index in [1.165, 1.54) is 4.19 Å². The van der Waals surface area contributed by atoms with Gasteiger partial charge in [0.2, 0.25) is 0 Å². The first kappa shape index (κ1) is 6.01. The molecule has 0 atom stereocenters. The molecule has 0 rings (SSSR count). The third-order valence-corrected chi connectivity index (χ3v) is 4.81. The van der Waals surface area contributed by atoms with Gasteiger partial charge in [0.15, 0.2) is 0 Å². The van der Waals surface area contributed by atoms with Crippen LogP contribution in [0.25, 0.3) is 0 Å². The average molecular weight is 151 g/mol. The molecule has 0 nitrogen and oxygen atoms in total. The zero-order valence-corrected chi connectivity index (χ0v) is 6.40. The summed E-state index contributed by atoms with van der Waals surface area (Å²) < 4.78 is 1.26. The zero-order chi connectivity index (χ0) is 4.28. The molecule has 0 heterocycles. The summed E-state index contributed by atoms with van der Waals surface area (Å²) in [5, 5.41) is 0. The number of rotatable bonds is 1. The summed E-state index contributed by atoms with van der Waals surface area (Å²) in [6, 6.07) is 0. The molecule has 0 fully saturated rings. The monoisotopic (exact) mass is 150 g/mol. The van der Waals surface area contributed by atoms with E-state index in [-0.39, 0.29) is 14.1 Å². The highest BCUT2D eigenvalue weighted by atomic mass is 79.9. The van der Waals surface area contributed by atoms with Gasteiger partial charge in [-0.3, -0.25) is 0 Å².